The standard InChI is InChI=1S/C12H10Cl2N8/c13-6-2-1-5(3-7(6)14)17-4-8-18-9-10(15)19-12(16)20-11(9)22-21-8/h1-3,17H,4H2,(H4,15,16,19,20,22). The maximum atomic E-state index is 5.95. The highest BCUT2D eigenvalue weighted by molar-refractivity contribution is 6.42. The summed E-state index contributed by atoms with van der Waals surface area (Å²) < 4.78 is 0. The molecule has 10 heteroatoms. The Labute approximate surface area is 134 Å². The van der Waals surface area contributed by atoms with Gasteiger partial charge in [-0.2, -0.15) is 9.97 Å². The number of aromatic nitrogens is 5. The van der Waals surface area contributed by atoms with Crippen molar-refractivity contribution in [2.75, 3.05) is 16.8 Å². The van der Waals surface area contributed by atoms with Gasteiger partial charge in [0.15, 0.2) is 17.2 Å². The van der Waals surface area contributed by atoms with Gasteiger partial charge in [0.25, 0.3) is 0 Å². The minimum Gasteiger partial charge on any atom is -0.382 e. The summed E-state index contributed by atoms with van der Waals surface area (Å²) in [7, 11) is 0. The van der Waals surface area contributed by atoms with Gasteiger partial charge in [-0.1, -0.05) is 23.2 Å². The molecule has 2 heterocycles. The van der Waals surface area contributed by atoms with Crippen LogP contribution < -0.4 is 16.8 Å². The Morgan fingerprint density at radius 3 is 2.59 bits per heavy atom. The van der Waals surface area contributed by atoms with Gasteiger partial charge < -0.3 is 16.8 Å². The van der Waals surface area contributed by atoms with E-state index in [1.54, 1.807) is 18.2 Å². The zero-order chi connectivity index (χ0) is 15.7. The number of nitrogens with two attached hydrogens (primary N) is 2. The van der Waals surface area contributed by atoms with Crippen LogP contribution >= 0.6 is 23.2 Å². The highest BCUT2D eigenvalue weighted by Gasteiger charge is 2.09. The minimum absolute atomic E-state index is 0.0304. The molecule has 0 amide bonds. The number of nitrogen functional groups attached to an aromatic ring is 2. The Bertz CT molecular complexity index is 854. The number of anilines is 3. The van der Waals surface area contributed by atoms with Crippen LogP contribution in [-0.2, 0) is 6.54 Å². The molecule has 0 aliphatic rings. The second-order valence-corrected chi connectivity index (χ2v) is 5.16. The van der Waals surface area contributed by atoms with Crippen molar-refractivity contribution in [1.82, 2.24) is 25.1 Å². The summed E-state index contributed by atoms with van der Waals surface area (Å²) in [5, 5.41) is 11.9. The first-order chi connectivity index (χ1) is 10.5. The smallest absolute Gasteiger partial charge is 0.224 e. The van der Waals surface area contributed by atoms with E-state index < -0.39 is 0 Å². The van der Waals surface area contributed by atoms with Gasteiger partial charge in [-0.15, -0.1) is 10.2 Å². The van der Waals surface area contributed by atoms with Crippen molar-refractivity contribution in [3.05, 3.63) is 34.1 Å². The molecule has 0 unspecified atom stereocenters. The third-order valence-corrected chi connectivity index (χ3v) is 3.52. The normalized spacial score (nSPS) is 10.8. The lowest BCUT2D eigenvalue weighted by atomic mass is 10.3. The van der Waals surface area contributed by atoms with Gasteiger partial charge in [-0.3, -0.25) is 0 Å². The Kier molecular flexibility index (Phi) is 3.78. The molecule has 5 N–H and O–H groups in total. The van der Waals surface area contributed by atoms with Crippen molar-refractivity contribution >= 4 is 51.8 Å². The molecule has 0 bridgehead atoms. The molecule has 8 nitrogen and oxygen atoms in total. The molecule has 0 saturated heterocycles. The average molecular weight is 337 g/mol. The topological polar surface area (TPSA) is 129 Å². The zero-order valence-electron chi connectivity index (χ0n) is 11.1. The molecule has 1 aromatic carbocycles. The number of benzene rings is 1. The van der Waals surface area contributed by atoms with Gasteiger partial charge in [0.2, 0.25) is 11.6 Å². The van der Waals surface area contributed by atoms with Crippen molar-refractivity contribution in [3.8, 4) is 0 Å². The van der Waals surface area contributed by atoms with Crippen LogP contribution in [0, 0.1) is 0 Å². The van der Waals surface area contributed by atoms with Crippen LogP contribution in [0.15, 0.2) is 18.2 Å². The van der Waals surface area contributed by atoms with Crippen molar-refractivity contribution < 1.29 is 0 Å². The van der Waals surface area contributed by atoms with E-state index in [4.69, 9.17) is 34.7 Å². The van der Waals surface area contributed by atoms with E-state index in [0.29, 0.717) is 27.9 Å². The van der Waals surface area contributed by atoms with Crippen LogP contribution in [0.25, 0.3) is 11.2 Å². The van der Waals surface area contributed by atoms with Crippen LogP contribution in [0.1, 0.15) is 5.82 Å². The zero-order valence-corrected chi connectivity index (χ0v) is 12.6. The molecule has 0 radical (unpaired) electrons. The Balaban J connectivity index is 1.83. The number of nitrogens with one attached hydrogen (secondary N) is 1. The largest absolute Gasteiger partial charge is 0.382 e. The fourth-order valence-corrected chi connectivity index (χ4v) is 2.07. The van der Waals surface area contributed by atoms with E-state index in [9.17, 15) is 0 Å². The van der Waals surface area contributed by atoms with Crippen molar-refractivity contribution in [2.24, 2.45) is 0 Å². The lowest BCUT2D eigenvalue weighted by Crippen LogP contribution is -2.09. The van der Waals surface area contributed by atoms with Gasteiger partial charge >= 0.3 is 0 Å². The minimum atomic E-state index is 0.0304. The van der Waals surface area contributed by atoms with E-state index >= 15 is 0 Å². The maximum Gasteiger partial charge on any atom is 0.224 e. The van der Waals surface area contributed by atoms with Gasteiger partial charge in [0.1, 0.15) is 0 Å². The second-order valence-electron chi connectivity index (χ2n) is 4.35. The molecule has 22 heavy (non-hydrogen) atoms. The number of hydrogen-bond donors (Lipinski definition) is 3. The summed E-state index contributed by atoms with van der Waals surface area (Å²) in [6.07, 6.45) is 0. The van der Waals surface area contributed by atoms with Gasteiger partial charge in [0.05, 0.1) is 16.6 Å². The number of halogens is 2. The van der Waals surface area contributed by atoms with Crippen molar-refractivity contribution in [3.63, 3.8) is 0 Å². The molecule has 3 aromatic rings. The average Bonchev–Trinajstić information content (AvgIpc) is 2.48. The molecule has 0 fully saturated rings. The van der Waals surface area contributed by atoms with Gasteiger partial charge in [0, 0.05) is 5.69 Å². The van der Waals surface area contributed by atoms with E-state index in [-0.39, 0.29) is 17.4 Å². The quantitative estimate of drug-likeness (QED) is 0.661. The highest BCUT2D eigenvalue weighted by Crippen LogP contribution is 2.25. The molecule has 0 aliphatic carbocycles. The predicted molar refractivity (Wildman–Crippen MR) is 85.5 cm³/mol. The van der Waals surface area contributed by atoms with Crippen LogP contribution in [0.3, 0.4) is 0 Å². The van der Waals surface area contributed by atoms with Crippen LogP contribution in [0.4, 0.5) is 17.5 Å². The Morgan fingerprint density at radius 1 is 1.00 bits per heavy atom. The third kappa shape index (κ3) is 2.92. The van der Waals surface area contributed by atoms with E-state index in [1.807, 2.05) is 0 Å². The monoisotopic (exact) mass is 336 g/mol. The summed E-state index contributed by atoms with van der Waals surface area (Å²) >= 11 is 11.8. The number of rotatable bonds is 3. The summed E-state index contributed by atoms with van der Waals surface area (Å²) in [5.74, 6) is 0.620. The predicted octanol–water partition coefficient (Wildman–Crippen LogP) is 1.90. The molecule has 3 rings (SSSR count). The van der Waals surface area contributed by atoms with Crippen LogP contribution in [0.2, 0.25) is 10.0 Å². The van der Waals surface area contributed by atoms with Crippen molar-refractivity contribution in [2.45, 2.75) is 6.54 Å². The Morgan fingerprint density at radius 2 is 1.82 bits per heavy atom. The summed E-state index contributed by atoms with van der Waals surface area (Å²) in [5.41, 5.74) is 12.6. The maximum absolute atomic E-state index is 5.95. The molecular weight excluding hydrogens is 327 g/mol. The molecule has 112 valence electrons. The van der Waals surface area contributed by atoms with Crippen LogP contribution in [0.5, 0.6) is 0 Å². The summed E-state index contributed by atoms with van der Waals surface area (Å²) in [6.45, 7) is 0.324. The van der Waals surface area contributed by atoms with Crippen LogP contribution in [-0.4, -0.2) is 25.1 Å². The third-order valence-electron chi connectivity index (χ3n) is 2.78. The first kappa shape index (κ1) is 14.5. The molecule has 0 spiro atoms. The second kappa shape index (κ2) is 5.74. The van der Waals surface area contributed by atoms with Gasteiger partial charge in [-0.25, -0.2) is 4.98 Å². The summed E-state index contributed by atoms with van der Waals surface area (Å²) in [4.78, 5) is 12.0. The number of fused-ring (bicyclic) bond motifs is 1. The van der Waals surface area contributed by atoms with Crippen molar-refractivity contribution in [1.29, 1.82) is 0 Å². The van der Waals surface area contributed by atoms with E-state index in [0.717, 1.165) is 5.69 Å². The molecular formula is C12H10Cl2N8. The summed E-state index contributed by atoms with van der Waals surface area (Å²) in [6, 6.07) is 5.19. The number of hydrogen-bond acceptors (Lipinski definition) is 8. The fourth-order valence-electron chi connectivity index (χ4n) is 1.77. The molecule has 0 saturated carbocycles. The fraction of sp³-hybridized carbons (Fsp3) is 0.0833. The first-order valence-electron chi connectivity index (χ1n) is 6.14. The lowest BCUT2D eigenvalue weighted by Gasteiger charge is -2.07. The number of nitrogens with zero attached hydrogens (tertiary/aromatic N) is 5. The molecule has 0 atom stereocenters. The Hall–Kier alpha value is -2.45. The van der Waals surface area contributed by atoms with E-state index in [1.165, 1.54) is 0 Å². The molecule has 2 aromatic heterocycles. The highest BCUT2D eigenvalue weighted by atomic mass is 35.5. The van der Waals surface area contributed by atoms with Gasteiger partial charge in [-0.05, 0) is 18.2 Å². The molecule has 0 aliphatic heterocycles. The SMILES string of the molecule is Nc1nc(N)c2nc(CNc3ccc(Cl)c(Cl)c3)nnc2n1. The lowest BCUT2D eigenvalue weighted by molar-refractivity contribution is 0.877. The first-order valence-corrected chi connectivity index (χ1v) is 6.90. The van der Waals surface area contributed by atoms with E-state index in [2.05, 4.69) is 30.5 Å².